The lowest BCUT2D eigenvalue weighted by molar-refractivity contribution is -0.138. The van der Waals surface area contributed by atoms with E-state index in [1.807, 2.05) is 25.1 Å². The van der Waals surface area contributed by atoms with Gasteiger partial charge in [0.2, 0.25) is 5.60 Å². The maximum absolute atomic E-state index is 12.3. The van der Waals surface area contributed by atoms with Crippen molar-refractivity contribution in [3.63, 3.8) is 0 Å². The average molecular weight is 374 g/mol. The molecule has 140 valence electrons. The quantitative estimate of drug-likeness (QED) is 0.627. The predicted molar refractivity (Wildman–Crippen MR) is 106 cm³/mol. The Morgan fingerprint density at radius 1 is 1.36 bits per heavy atom. The fourth-order valence-electron chi connectivity index (χ4n) is 3.26. The Hall–Kier alpha value is -3.50. The van der Waals surface area contributed by atoms with Gasteiger partial charge in [0.25, 0.3) is 5.91 Å². The molecule has 2 atom stereocenters. The van der Waals surface area contributed by atoms with Crippen molar-refractivity contribution in [1.29, 1.82) is 0 Å². The van der Waals surface area contributed by atoms with Crippen LogP contribution in [0.1, 0.15) is 20.3 Å². The maximum Gasteiger partial charge on any atom is 0.267 e. The number of carbonyl (C=O) groups is 1. The van der Waals surface area contributed by atoms with Gasteiger partial charge in [-0.05, 0) is 31.2 Å². The van der Waals surface area contributed by atoms with Crippen LogP contribution in [-0.4, -0.2) is 49.6 Å². The summed E-state index contributed by atoms with van der Waals surface area (Å²) in [6.07, 6.45) is 0.125. The molecule has 0 spiro atoms. The highest BCUT2D eigenvalue weighted by Gasteiger charge is 2.46. The summed E-state index contributed by atoms with van der Waals surface area (Å²) in [7, 11) is 1.66. The molecule has 1 amide bonds. The molecule has 7 heteroatoms. The van der Waals surface area contributed by atoms with E-state index in [1.165, 1.54) is 4.90 Å². The van der Waals surface area contributed by atoms with Crippen LogP contribution < -0.4 is 5.73 Å². The van der Waals surface area contributed by atoms with Crippen LogP contribution in [0.25, 0.3) is 22.3 Å². The van der Waals surface area contributed by atoms with E-state index in [2.05, 4.69) is 26.8 Å². The Balaban J connectivity index is 1.69. The second-order valence-electron chi connectivity index (χ2n) is 6.93. The zero-order chi connectivity index (χ0) is 20.8. The molecule has 1 fully saturated rings. The molecular weight excluding hydrogens is 354 g/mol. The second-order valence-corrected chi connectivity index (χ2v) is 6.93. The van der Waals surface area contributed by atoms with Crippen LogP contribution in [0.5, 0.6) is 0 Å². The third-order valence-electron chi connectivity index (χ3n) is 4.96. The van der Waals surface area contributed by atoms with Gasteiger partial charge in [-0.3, -0.25) is 4.79 Å². The third kappa shape index (κ3) is 3.04. The Bertz CT molecular complexity index is 1200. The minimum atomic E-state index is -1.66. The number of rotatable bonds is 1. The summed E-state index contributed by atoms with van der Waals surface area (Å²) in [6, 6.07) is 10.8. The zero-order valence-corrected chi connectivity index (χ0v) is 15.5. The molecule has 1 aliphatic heterocycles. The number of hydrogen-bond acceptors (Lipinski definition) is 6. The fraction of sp³-hybridized carbons (Fsp3) is 0.238. The molecule has 4 rings (SSSR count). The Morgan fingerprint density at radius 2 is 2.18 bits per heavy atom. The van der Waals surface area contributed by atoms with E-state index < -0.39 is 5.60 Å². The van der Waals surface area contributed by atoms with Crippen LogP contribution in [0.4, 0.5) is 5.82 Å². The number of likely N-dealkylation sites (N-methyl/N-ethyl adjacent to an activating group) is 1. The number of nitrogens with two attached hydrogens (primary N) is 1. The highest BCUT2D eigenvalue weighted by molar-refractivity contribution is 5.91. The number of fused-ring (bicyclic) bond motifs is 1. The average Bonchev–Trinajstić information content (AvgIpc) is 2.89. The molecule has 28 heavy (non-hydrogen) atoms. The SMILES string of the molecule is [2H]c1nc(N)c2nc(-c3cccc(C#C[C@@]4(O)C[C@H](C)N(C)C4=O)c3)ccc2n1. The van der Waals surface area contributed by atoms with Crippen molar-refractivity contribution in [3.05, 3.63) is 48.3 Å². The number of likely N-dealkylation sites (tertiary alicyclic amines) is 1. The molecule has 7 nitrogen and oxygen atoms in total. The Kier molecular flexibility index (Phi) is 3.92. The van der Waals surface area contributed by atoms with E-state index in [1.54, 1.807) is 25.2 Å². The molecule has 0 radical (unpaired) electrons. The van der Waals surface area contributed by atoms with Gasteiger partial charge in [-0.15, -0.1) is 0 Å². The number of carbonyl (C=O) groups excluding carboxylic acids is 1. The minimum Gasteiger partial charge on any atom is -0.382 e. The molecule has 0 saturated carbocycles. The standard InChI is InChI=1S/C21H19N5O2/c1-13-11-21(28,20(27)26(13)2)9-8-14-4-3-5-15(10-14)16-6-7-17-18(25-16)19(22)24-12-23-17/h3-7,10,12-13,28H,11H2,1-2H3,(H2,22,23,24)/t13-,21+/m0/s1/i12D. The van der Waals surface area contributed by atoms with Gasteiger partial charge in [0.05, 0.1) is 11.2 Å². The highest BCUT2D eigenvalue weighted by Crippen LogP contribution is 2.27. The number of benzene rings is 1. The predicted octanol–water partition coefficient (Wildman–Crippen LogP) is 1.61. The summed E-state index contributed by atoms with van der Waals surface area (Å²) in [5.41, 5.74) is 7.25. The summed E-state index contributed by atoms with van der Waals surface area (Å²) in [6.45, 7) is 1.88. The van der Waals surface area contributed by atoms with Crippen LogP contribution >= 0.6 is 0 Å². The zero-order valence-electron chi connectivity index (χ0n) is 16.5. The van der Waals surface area contributed by atoms with Gasteiger partial charge < -0.3 is 15.7 Å². The number of nitrogen functional groups attached to an aromatic ring is 1. The summed E-state index contributed by atoms with van der Waals surface area (Å²) in [4.78, 5) is 26.1. The van der Waals surface area contributed by atoms with E-state index in [0.29, 0.717) is 22.3 Å². The lowest BCUT2D eigenvalue weighted by Gasteiger charge is -2.14. The molecule has 0 bridgehead atoms. The molecule has 3 heterocycles. The van der Waals surface area contributed by atoms with Crippen molar-refractivity contribution in [3.8, 4) is 23.1 Å². The lowest BCUT2D eigenvalue weighted by Crippen LogP contribution is -2.37. The summed E-state index contributed by atoms with van der Waals surface area (Å²) < 4.78 is 7.54. The molecule has 1 saturated heterocycles. The summed E-state index contributed by atoms with van der Waals surface area (Å²) in [5.74, 6) is 5.43. The fourth-order valence-corrected chi connectivity index (χ4v) is 3.26. The minimum absolute atomic E-state index is 0.0631. The van der Waals surface area contributed by atoms with E-state index in [-0.39, 0.29) is 30.5 Å². The van der Waals surface area contributed by atoms with Crippen molar-refractivity contribution < 1.29 is 11.3 Å². The van der Waals surface area contributed by atoms with E-state index in [0.717, 1.165) is 5.56 Å². The molecule has 2 aromatic heterocycles. The van der Waals surface area contributed by atoms with Gasteiger partial charge in [-0.2, -0.15) is 0 Å². The number of hydrogen-bond donors (Lipinski definition) is 2. The Labute approximate surface area is 163 Å². The molecule has 1 aromatic carbocycles. The number of amides is 1. The first kappa shape index (κ1) is 16.7. The van der Waals surface area contributed by atoms with Crippen molar-refractivity contribution in [1.82, 2.24) is 19.9 Å². The molecule has 3 N–H and O–H groups in total. The van der Waals surface area contributed by atoms with Crippen molar-refractivity contribution in [2.75, 3.05) is 12.8 Å². The van der Waals surface area contributed by atoms with Crippen LogP contribution in [0, 0.1) is 11.8 Å². The molecular formula is C21H19N5O2. The second kappa shape index (κ2) is 6.59. The van der Waals surface area contributed by atoms with Gasteiger partial charge in [-0.1, -0.05) is 24.0 Å². The van der Waals surface area contributed by atoms with Gasteiger partial charge in [-0.25, -0.2) is 15.0 Å². The van der Waals surface area contributed by atoms with Crippen LogP contribution in [0.2, 0.25) is 0 Å². The Morgan fingerprint density at radius 3 is 2.93 bits per heavy atom. The van der Waals surface area contributed by atoms with Crippen LogP contribution in [0.3, 0.4) is 0 Å². The number of aliphatic hydroxyl groups is 1. The third-order valence-corrected chi connectivity index (χ3v) is 4.96. The first-order valence-corrected chi connectivity index (χ1v) is 8.81. The molecule has 1 aliphatic rings. The van der Waals surface area contributed by atoms with E-state index >= 15 is 0 Å². The first-order chi connectivity index (χ1) is 13.8. The van der Waals surface area contributed by atoms with E-state index in [9.17, 15) is 9.90 Å². The number of anilines is 1. The first-order valence-electron chi connectivity index (χ1n) is 9.31. The van der Waals surface area contributed by atoms with Crippen molar-refractivity contribution in [2.24, 2.45) is 0 Å². The van der Waals surface area contributed by atoms with Gasteiger partial charge >= 0.3 is 0 Å². The van der Waals surface area contributed by atoms with Gasteiger partial charge in [0, 0.05) is 30.6 Å². The van der Waals surface area contributed by atoms with Crippen LogP contribution in [-0.2, 0) is 4.79 Å². The maximum atomic E-state index is 12.3. The van der Waals surface area contributed by atoms with Gasteiger partial charge in [0.1, 0.15) is 13.2 Å². The topological polar surface area (TPSA) is 105 Å². The van der Waals surface area contributed by atoms with Crippen molar-refractivity contribution in [2.45, 2.75) is 25.0 Å². The molecule has 0 unspecified atom stereocenters. The molecule has 0 aliphatic carbocycles. The molecule has 3 aromatic rings. The summed E-state index contributed by atoms with van der Waals surface area (Å²) in [5, 5.41) is 10.6. The van der Waals surface area contributed by atoms with Crippen LogP contribution in [0.15, 0.2) is 42.7 Å². The highest BCUT2D eigenvalue weighted by atomic mass is 16.3. The number of pyridine rings is 1. The number of aromatic nitrogens is 3. The normalized spacial score (nSPS) is 22.1. The summed E-state index contributed by atoms with van der Waals surface area (Å²) >= 11 is 0. The lowest BCUT2D eigenvalue weighted by atomic mass is 10.00. The largest absolute Gasteiger partial charge is 0.382 e. The smallest absolute Gasteiger partial charge is 0.267 e. The number of nitrogens with zero attached hydrogens (tertiary/aromatic N) is 4. The van der Waals surface area contributed by atoms with E-state index in [4.69, 9.17) is 7.10 Å². The monoisotopic (exact) mass is 374 g/mol. The van der Waals surface area contributed by atoms with Crippen molar-refractivity contribution >= 4 is 22.8 Å². The van der Waals surface area contributed by atoms with Gasteiger partial charge in [0.15, 0.2) is 5.82 Å².